The van der Waals surface area contributed by atoms with Crippen LogP contribution in [-0.2, 0) is 16.0 Å². The molecule has 3 saturated carbocycles. The largest absolute Gasteiger partial charge is 0.462 e. The maximum atomic E-state index is 12.7. The summed E-state index contributed by atoms with van der Waals surface area (Å²) in [6.45, 7) is 12.6. The Morgan fingerprint density at radius 1 is 0.973 bits per heavy atom. The number of fused-ring (bicyclic) bond motifs is 5. The van der Waals surface area contributed by atoms with Crippen LogP contribution in [0.25, 0.3) is 0 Å². The van der Waals surface area contributed by atoms with Crippen molar-refractivity contribution in [3.63, 3.8) is 0 Å². The molecular weight excluding hydrogens is 452 g/mol. The zero-order valence-corrected chi connectivity index (χ0v) is 24.3. The van der Waals surface area contributed by atoms with E-state index in [0.717, 1.165) is 53.9 Å². The molecule has 0 N–H and O–H groups in total. The fourth-order valence-electron chi connectivity index (χ4n) is 9.74. The summed E-state index contributed by atoms with van der Waals surface area (Å²) in [5.41, 5.74) is 3.51. The van der Waals surface area contributed by atoms with E-state index in [-0.39, 0.29) is 12.1 Å². The Balaban J connectivity index is 1.22. The molecule has 4 aliphatic rings. The molecule has 2 nitrogen and oxygen atoms in total. The Hall–Kier alpha value is -1.57. The molecule has 0 amide bonds. The Bertz CT molecular complexity index is 963. The zero-order chi connectivity index (χ0) is 26.2. The molecule has 0 saturated heterocycles. The summed E-state index contributed by atoms with van der Waals surface area (Å²) >= 11 is 0. The van der Waals surface area contributed by atoms with E-state index in [4.69, 9.17) is 4.74 Å². The first-order valence-corrected chi connectivity index (χ1v) is 15.6. The van der Waals surface area contributed by atoms with Crippen LogP contribution in [0.4, 0.5) is 0 Å². The molecule has 0 bridgehead atoms. The van der Waals surface area contributed by atoms with Crippen molar-refractivity contribution in [2.75, 3.05) is 0 Å². The first-order valence-electron chi connectivity index (χ1n) is 15.6. The molecule has 0 unspecified atom stereocenters. The van der Waals surface area contributed by atoms with Crippen LogP contribution in [0.1, 0.15) is 111 Å². The van der Waals surface area contributed by atoms with Gasteiger partial charge in [-0.1, -0.05) is 95.9 Å². The van der Waals surface area contributed by atoms with Crippen molar-refractivity contribution >= 4 is 5.97 Å². The first kappa shape index (κ1) is 27.0. The molecule has 0 aliphatic heterocycles. The summed E-state index contributed by atoms with van der Waals surface area (Å²) in [6, 6.07) is 10.0. The lowest BCUT2D eigenvalue weighted by atomic mass is 9.47. The molecule has 0 aromatic heterocycles. The molecule has 0 heterocycles. The lowest BCUT2D eigenvalue weighted by molar-refractivity contribution is -0.150. The van der Waals surface area contributed by atoms with E-state index in [1.165, 1.54) is 57.8 Å². The number of esters is 1. The Morgan fingerprint density at radius 3 is 2.51 bits per heavy atom. The monoisotopic (exact) mass is 504 g/mol. The molecule has 37 heavy (non-hydrogen) atoms. The number of carbonyl (C=O) groups excluding carboxylic acids is 1. The minimum Gasteiger partial charge on any atom is -0.462 e. The van der Waals surface area contributed by atoms with Gasteiger partial charge in [0.2, 0.25) is 0 Å². The normalized spacial score (nSPS) is 37.8. The van der Waals surface area contributed by atoms with Crippen molar-refractivity contribution < 1.29 is 9.53 Å². The molecule has 5 rings (SSSR count). The van der Waals surface area contributed by atoms with Gasteiger partial charge in [-0.2, -0.15) is 0 Å². The van der Waals surface area contributed by atoms with Crippen molar-refractivity contribution in [1.82, 2.24) is 0 Å². The predicted molar refractivity (Wildman–Crippen MR) is 153 cm³/mol. The summed E-state index contributed by atoms with van der Waals surface area (Å²) in [7, 11) is 0. The highest BCUT2D eigenvalue weighted by molar-refractivity contribution is 5.72. The standard InChI is InChI=1S/C35H52O2/c1-24(2)10-9-11-25(3)30-16-17-31-29-15-14-27-23-28(37-33(36)22-26-12-7-6-8-13-26)18-20-34(27,4)32(29)19-21-35(30,31)5/h6-8,12-14,24-25,28-32H,9-11,15-23H2,1-5H3/t25-,28+,29-,30-,31-,32+,34+,35-/m1/s1. The molecule has 1 aromatic rings. The number of hydrogen-bond donors (Lipinski definition) is 0. The van der Waals surface area contributed by atoms with Gasteiger partial charge in [0.25, 0.3) is 0 Å². The number of ether oxygens (including phenoxy) is 1. The van der Waals surface area contributed by atoms with E-state index in [0.29, 0.717) is 17.3 Å². The second-order valence-electron chi connectivity index (χ2n) is 14.3. The quantitative estimate of drug-likeness (QED) is 0.260. The van der Waals surface area contributed by atoms with Crippen LogP contribution in [0.2, 0.25) is 0 Å². The van der Waals surface area contributed by atoms with Crippen molar-refractivity contribution in [2.45, 2.75) is 118 Å². The highest BCUT2D eigenvalue weighted by Gasteiger charge is 2.59. The molecular formula is C35H52O2. The van der Waals surface area contributed by atoms with Crippen molar-refractivity contribution in [3.05, 3.63) is 47.5 Å². The molecule has 0 radical (unpaired) electrons. The van der Waals surface area contributed by atoms with Crippen LogP contribution < -0.4 is 0 Å². The third-order valence-electron chi connectivity index (χ3n) is 11.7. The van der Waals surface area contributed by atoms with Gasteiger partial charge in [-0.05, 0) is 96.8 Å². The summed E-state index contributed by atoms with van der Waals surface area (Å²) in [6.07, 6.45) is 17.4. The topological polar surface area (TPSA) is 26.3 Å². The zero-order valence-electron chi connectivity index (χ0n) is 24.3. The van der Waals surface area contributed by atoms with Gasteiger partial charge in [-0.3, -0.25) is 4.79 Å². The van der Waals surface area contributed by atoms with Gasteiger partial charge in [0.1, 0.15) is 6.10 Å². The lowest BCUT2D eigenvalue weighted by Crippen LogP contribution is -2.51. The summed E-state index contributed by atoms with van der Waals surface area (Å²) in [5.74, 6) is 5.14. The van der Waals surface area contributed by atoms with Crippen LogP contribution in [0, 0.1) is 46.3 Å². The number of benzene rings is 1. The minimum atomic E-state index is -0.0676. The van der Waals surface area contributed by atoms with Crippen molar-refractivity contribution in [3.8, 4) is 0 Å². The molecule has 1 aromatic carbocycles. The molecule has 2 heteroatoms. The van der Waals surface area contributed by atoms with Gasteiger partial charge in [-0.15, -0.1) is 0 Å². The van der Waals surface area contributed by atoms with Gasteiger partial charge >= 0.3 is 5.97 Å². The Morgan fingerprint density at radius 2 is 1.76 bits per heavy atom. The highest BCUT2D eigenvalue weighted by Crippen LogP contribution is 2.67. The van der Waals surface area contributed by atoms with E-state index in [1.807, 2.05) is 30.3 Å². The summed E-state index contributed by atoms with van der Waals surface area (Å²) < 4.78 is 6.02. The van der Waals surface area contributed by atoms with Crippen LogP contribution in [0.15, 0.2) is 42.0 Å². The first-order chi connectivity index (χ1) is 17.7. The third-order valence-corrected chi connectivity index (χ3v) is 11.7. The molecule has 204 valence electrons. The average molecular weight is 505 g/mol. The van der Waals surface area contributed by atoms with Crippen molar-refractivity contribution in [2.24, 2.45) is 46.3 Å². The Kier molecular flexibility index (Phi) is 7.95. The highest BCUT2D eigenvalue weighted by atomic mass is 16.5. The predicted octanol–water partition coefficient (Wildman–Crippen LogP) is 9.18. The average Bonchev–Trinajstić information content (AvgIpc) is 3.22. The van der Waals surface area contributed by atoms with Crippen LogP contribution in [-0.4, -0.2) is 12.1 Å². The molecule has 3 fully saturated rings. The lowest BCUT2D eigenvalue weighted by Gasteiger charge is -2.58. The van der Waals surface area contributed by atoms with Gasteiger partial charge in [0.15, 0.2) is 0 Å². The number of hydrogen-bond acceptors (Lipinski definition) is 2. The second kappa shape index (κ2) is 10.9. The molecule has 4 aliphatic carbocycles. The second-order valence-corrected chi connectivity index (χ2v) is 14.3. The molecule has 0 spiro atoms. The number of carbonyl (C=O) groups is 1. The van der Waals surface area contributed by atoms with Crippen LogP contribution in [0.3, 0.4) is 0 Å². The summed E-state index contributed by atoms with van der Waals surface area (Å²) in [5, 5.41) is 0. The van der Waals surface area contributed by atoms with E-state index >= 15 is 0 Å². The maximum Gasteiger partial charge on any atom is 0.310 e. The van der Waals surface area contributed by atoms with Gasteiger partial charge < -0.3 is 4.74 Å². The van der Waals surface area contributed by atoms with Gasteiger partial charge in [0, 0.05) is 6.42 Å². The van der Waals surface area contributed by atoms with Crippen LogP contribution in [0.5, 0.6) is 0 Å². The fraction of sp³-hybridized carbons (Fsp3) is 0.743. The third kappa shape index (κ3) is 5.33. The maximum absolute atomic E-state index is 12.7. The van der Waals surface area contributed by atoms with E-state index in [9.17, 15) is 4.79 Å². The van der Waals surface area contributed by atoms with E-state index in [2.05, 4.69) is 40.7 Å². The molecule has 8 atom stereocenters. The van der Waals surface area contributed by atoms with Gasteiger partial charge in [0.05, 0.1) is 6.42 Å². The van der Waals surface area contributed by atoms with Gasteiger partial charge in [-0.25, -0.2) is 0 Å². The minimum absolute atomic E-state index is 0.0588. The van der Waals surface area contributed by atoms with Crippen LogP contribution >= 0.6 is 0 Å². The fourth-order valence-corrected chi connectivity index (χ4v) is 9.74. The van der Waals surface area contributed by atoms with Crippen molar-refractivity contribution in [1.29, 1.82) is 0 Å². The van der Waals surface area contributed by atoms with E-state index < -0.39 is 0 Å². The smallest absolute Gasteiger partial charge is 0.310 e. The Labute approximate surface area is 227 Å². The number of allylic oxidation sites excluding steroid dienone is 1. The number of rotatable bonds is 8. The van der Waals surface area contributed by atoms with E-state index in [1.54, 1.807) is 5.57 Å². The SMILES string of the molecule is CC(C)CCC[C@@H](C)[C@H]1CC[C@@H]2[C@H]3CC=C4C[C@@H](OC(=O)Cc5ccccc5)CC[C@]4(C)[C@H]3CC[C@@]21C. The summed E-state index contributed by atoms with van der Waals surface area (Å²) in [4.78, 5) is 12.7.